The minimum absolute atomic E-state index is 0.334. The van der Waals surface area contributed by atoms with E-state index in [4.69, 9.17) is 4.74 Å². The van der Waals surface area contributed by atoms with Crippen molar-refractivity contribution in [1.29, 1.82) is 0 Å². The Hall–Kier alpha value is -1.73. The molecule has 0 radical (unpaired) electrons. The standard InChI is InChI=1S/C15H21N3O3S/c1-6-21-14(19)11-8(2)10-12(16-7-15(4,5)20)17-9(3)18-13(10)22-11/h20H,6-7H2,1-5H3,(H,16,17,18). The lowest BCUT2D eigenvalue weighted by Gasteiger charge is -2.18. The first-order chi connectivity index (χ1) is 10.2. The molecule has 2 rings (SSSR count). The van der Waals surface area contributed by atoms with Crippen molar-refractivity contribution in [3.05, 3.63) is 16.3 Å². The molecule has 0 aliphatic carbocycles. The highest BCUT2D eigenvalue weighted by Gasteiger charge is 2.22. The van der Waals surface area contributed by atoms with Crippen molar-refractivity contribution in [2.24, 2.45) is 0 Å². The van der Waals surface area contributed by atoms with E-state index in [2.05, 4.69) is 15.3 Å². The second kappa shape index (κ2) is 6.18. The number of aromatic nitrogens is 2. The zero-order valence-electron chi connectivity index (χ0n) is 13.5. The predicted molar refractivity (Wildman–Crippen MR) is 87.6 cm³/mol. The second-order valence-electron chi connectivity index (χ2n) is 5.74. The maximum Gasteiger partial charge on any atom is 0.348 e. The number of nitrogens with zero attached hydrogens (tertiary/aromatic N) is 2. The van der Waals surface area contributed by atoms with Gasteiger partial charge in [-0.15, -0.1) is 11.3 Å². The number of fused-ring (bicyclic) bond motifs is 1. The van der Waals surface area contributed by atoms with E-state index >= 15 is 0 Å². The Labute approximate surface area is 133 Å². The molecule has 2 aromatic rings. The fourth-order valence-electron chi connectivity index (χ4n) is 2.06. The topological polar surface area (TPSA) is 84.3 Å². The third-order valence-corrected chi connectivity index (χ3v) is 4.22. The van der Waals surface area contributed by atoms with Crippen LogP contribution in [0, 0.1) is 13.8 Å². The maximum atomic E-state index is 12.0. The molecule has 6 nitrogen and oxygen atoms in total. The Morgan fingerprint density at radius 3 is 2.64 bits per heavy atom. The summed E-state index contributed by atoms with van der Waals surface area (Å²) in [6.45, 7) is 9.56. The lowest BCUT2D eigenvalue weighted by atomic mass is 10.1. The summed E-state index contributed by atoms with van der Waals surface area (Å²) < 4.78 is 5.09. The summed E-state index contributed by atoms with van der Waals surface area (Å²) in [6.07, 6.45) is 0. The van der Waals surface area contributed by atoms with Gasteiger partial charge in [0.25, 0.3) is 0 Å². The van der Waals surface area contributed by atoms with E-state index in [9.17, 15) is 9.90 Å². The van der Waals surface area contributed by atoms with E-state index in [-0.39, 0.29) is 5.97 Å². The Bertz CT molecular complexity index is 704. The molecule has 0 saturated heterocycles. The summed E-state index contributed by atoms with van der Waals surface area (Å²) >= 11 is 1.31. The van der Waals surface area contributed by atoms with Crippen molar-refractivity contribution in [1.82, 2.24) is 9.97 Å². The lowest BCUT2D eigenvalue weighted by Crippen LogP contribution is -2.29. The summed E-state index contributed by atoms with van der Waals surface area (Å²) in [6, 6.07) is 0. The summed E-state index contributed by atoms with van der Waals surface area (Å²) in [7, 11) is 0. The summed E-state index contributed by atoms with van der Waals surface area (Å²) in [5.41, 5.74) is -0.0595. The molecule has 2 heterocycles. The highest BCUT2D eigenvalue weighted by Crippen LogP contribution is 2.34. The quantitative estimate of drug-likeness (QED) is 0.823. The molecule has 0 unspecified atom stereocenters. The Balaban J connectivity index is 2.50. The molecule has 0 bridgehead atoms. The fourth-order valence-corrected chi connectivity index (χ4v) is 3.19. The second-order valence-corrected chi connectivity index (χ2v) is 6.74. The monoisotopic (exact) mass is 323 g/mol. The SMILES string of the molecule is CCOC(=O)c1sc2nc(C)nc(NCC(C)(C)O)c2c1C. The lowest BCUT2D eigenvalue weighted by molar-refractivity contribution is 0.0531. The molecular weight excluding hydrogens is 302 g/mol. The van der Waals surface area contributed by atoms with Gasteiger partial charge in [-0.05, 0) is 40.2 Å². The van der Waals surface area contributed by atoms with Crippen molar-refractivity contribution in [2.45, 2.75) is 40.2 Å². The van der Waals surface area contributed by atoms with Crippen LogP contribution in [0.4, 0.5) is 5.82 Å². The van der Waals surface area contributed by atoms with E-state index < -0.39 is 5.60 Å². The van der Waals surface area contributed by atoms with Gasteiger partial charge >= 0.3 is 5.97 Å². The Morgan fingerprint density at radius 1 is 1.36 bits per heavy atom. The van der Waals surface area contributed by atoms with Crippen molar-refractivity contribution in [3.8, 4) is 0 Å². The highest BCUT2D eigenvalue weighted by molar-refractivity contribution is 7.20. The highest BCUT2D eigenvalue weighted by atomic mass is 32.1. The molecule has 0 atom stereocenters. The van der Waals surface area contributed by atoms with Crippen LogP contribution in [0.15, 0.2) is 0 Å². The smallest absolute Gasteiger partial charge is 0.348 e. The van der Waals surface area contributed by atoms with Gasteiger partial charge in [-0.3, -0.25) is 0 Å². The Kier molecular flexibility index (Phi) is 4.67. The minimum Gasteiger partial charge on any atom is -0.462 e. The number of hydrogen-bond donors (Lipinski definition) is 2. The number of rotatable bonds is 5. The molecule has 0 spiro atoms. The number of ether oxygens (including phenoxy) is 1. The number of hydrogen-bond acceptors (Lipinski definition) is 7. The first-order valence-corrected chi connectivity index (χ1v) is 7.95. The van der Waals surface area contributed by atoms with Gasteiger partial charge in [0.05, 0.1) is 17.6 Å². The number of esters is 1. The van der Waals surface area contributed by atoms with Crippen LogP contribution in [0.5, 0.6) is 0 Å². The number of anilines is 1. The van der Waals surface area contributed by atoms with Gasteiger partial charge in [0.15, 0.2) is 0 Å². The molecule has 0 fully saturated rings. The van der Waals surface area contributed by atoms with Crippen LogP contribution in [-0.4, -0.2) is 39.8 Å². The average molecular weight is 323 g/mol. The maximum absolute atomic E-state index is 12.0. The Morgan fingerprint density at radius 2 is 2.05 bits per heavy atom. The number of carbonyl (C=O) groups excluding carboxylic acids is 1. The van der Waals surface area contributed by atoms with E-state index in [1.807, 2.05) is 6.92 Å². The van der Waals surface area contributed by atoms with Gasteiger partial charge in [0, 0.05) is 6.54 Å². The van der Waals surface area contributed by atoms with Crippen LogP contribution in [0.3, 0.4) is 0 Å². The van der Waals surface area contributed by atoms with E-state index in [1.165, 1.54) is 11.3 Å². The van der Waals surface area contributed by atoms with Crippen LogP contribution in [0.2, 0.25) is 0 Å². The van der Waals surface area contributed by atoms with Crippen LogP contribution in [-0.2, 0) is 4.74 Å². The van der Waals surface area contributed by atoms with Gasteiger partial charge in [-0.1, -0.05) is 0 Å². The van der Waals surface area contributed by atoms with E-state index in [0.717, 1.165) is 15.8 Å². The van der Waals surface area contributed by atoms with Gasteiger partial charge in [-0.2, -0.15) is 0 Å². The number of aryl methyl sites for hydroxylation is 2. The molecule has 7 heteroatoms. The van der Waals surface area contributed by atoms with Crippen LogP contribution in [0.25, 0.3) is 10.2 Å². The van der Waals surface area contributed by atoms with Crippen molar-refractivity contribution < 1.29 is 14.6 Å². The van der Waals surface area contributed by atoms with Crippen molar-refractivity contribution in [2.75, 3.05) is 18.5 Å². The zero-order valence-corrected chi connectivity index (χ0v) is 14.3. The summed E-state index contributed by atoms with van der Waals surface area (Å²) in [5, 5.41) is 13.8. The molecule has 0 saturated carbocycles. The molecule has 2 N–H and O–H groups in total. The van der Waals surface area contributed by atoms with E-state index in [1.54, 1.807) is 27.7 Å². The first kappa shape index (κ1) is 16.6. The van der Waals surface area contributed by atoms with Gasteiger partial charge in [-0.25, -0.2) is 14.8 Å². The fraction of sp³-hybridized carbons (Fsp3) is 0.533. The molecule has 2 aromatic heterocycles. The van der Waals surface area contributed by atoms with Crippen LogP contribution in [0.1, 0.15) is 41.8 Å². The summed E-state index contributed by atoms with van der Waals surface area (Å²) in [5.74, 6) is 0.908. The van der Waals surface area contributed by atoms with Crippen molar-refractivity contribution >= 4 is 33.3 Å². The molecule has 0 amide bonds. The molecular formula is C15H21N3O3S. The number of nitrogens with one attached hydrogen (secondary N) is 1. The minimum atomic E-state index is -0.862. The molecule has 22 heavy (non-hydrogen) atoms. The number of aliphatic hydroxyl groups is 1. The molecule has 0 aliphatic rings. The zero-order chi connectivity index (χ0) is 16.5. The van der Waals surface area contributed by atoms with Gasteiger partial charge in [0.2, 0.25) is 0 Å². The largest absolute Gasteiger partial charge is 0.462 e. The van der Waals surface area contributed by atoms with Gasteiger partial charge in [0.1, 0.15) is 21.3 Å². The third-order valence-electron chi connectivity index (χ3n) is 3.05. The molecule has 0 aliphatic heterocycles. The number of thiophene rings is 1. The van der Waals surface area contributed by atoms with Crippen LogP contribution >= 0.6 is 11.3 Å². The predicted octanol–water partition coefficient (Wildman–Crippen LogP) is 2.67. The van der Waals surface area contributed by atoms with Crippen LogP contribution < -0.4 is 5.32 Å². The average Bonchev–Trinajstić information content (AvgIpc) is 2.72. The molecule has 120 valence electrons. The van der Waals surface area contributed by atoms with E-state index in [0.29, 0.717) is 29.7 Å². The number of carbonyl (C=O) groups is 1. The van der Waals surface area contributed by atoms with Gasteiger partial charge < -0.3 is 15.2 Å². The normalized spacial score (nSPS) is 11.7. The molecule has 0 aromatic carbocycles. The third kappa shape index (κ3) is 3.53. The first-order valence-electron chi connectivity index (χ1n) is 7.14. The van der Waals surface area contributed by atoms with Crippen molar-refractivity contribution in [3.63, 3.8) is 0 Å². The summed E-state index contributed by atoms with van der Waals surface area (Å²) in [4.78, 5) is 22.1.